The maximum atomic E-state index is 11.3. The van der Waals surface area contributed by atoms with Gasteiger partial charge in [0.15, 0.2) is 0 Å². The molecule has 2 rings (SSSR count). The van der Waals surface area contributed by atoms with E-state index in [0.29, 0.717) is 6.42 Å². The van der Waals surface area contributed by atoms with Gasteiger partial charge in [-0.2, -0.15) is 0 Å². The fourth-order valence-electron chi connectivity index (χ4n) is 1.85. The maximum Gasteiger partial charge on any atom is 0.323 e. The number of aryl methyl sites for hydroxylation is 1. The molecule has 2 aromatic rings. The number of hydrogen-bond acceptors (Lipinski definition) is 4. The van der Waals surface area contributed by atoms with Crippen LogP contribution >= 0.6 is 0 Å². The molecular formula is C12H15N3O2. The Morgan fingerprint density at radius 2 is 2.35 bits per heavy atom. The molecule has 0 saturated carbocycles. The molecule has 0 aliphatic heterocycles. The average molecular weight is 233 g/mol. The second kappa shape index (κ2) is 4.55. The molecule has 0 bridgehead atoms. The summed E-state index contributed by atoms with van der Waals surface area (Å²) in [5.41, 5.74) is 8.45. The largest absolute Gasteiger partial charge is 0.468 e. The zero-order valence-electron chi connectivity index (χ0n) is 9.88. The second-order valence-corrected chi connectivity index (χ2v) is 3.91. The summed E-state index contributed by atoms with van der Waals surface area (Å²) in [6.45, 7) is 1.91. The molecule has 5 heteroatoms. The van der Waals surface area contributed by atoms with Crippen LogP contribution in [-0.2, 0) is 16.0 Å². The second-order valence-electron chi connectivity index (χ2n) is 3.91. The quantitative estimate of drug-likeness (QED) is 0.792. The molecule has 0 fully saturated rings. The summed E-state index contributed by atoms with van der Waals surface area (Å²) >= 11 is 0. The van der Waals surface area contributed by atoms with Crippen LogP contribution in [0.5, 0.6) is 0 Å². The lowest BCUT2D eigenvalue weighted by molar-refractivity contribution is -0.142. The summed E-state index contributed by atoms with van der Waals surface area (Å²) in [4.78, 5) is 15.7. The van der Waals surface area contributed by atoms with Crippen molar-refractivity contribution in [1.82, 2.24) is 9.38 Å². The van der Waals surface area contributed by atoms with Gasteiger partial charge in [-0.1, -0.05) is 6.07 Å². The predicted octanol–water partition coefficient (Wildman–Crippen LogP) is 0.686. The monoisotopic (exact) mass is 233 g/mol. The number of ether oxygens (including phenoxy) is 1. The van der Waals surface area contributed by atoms with E-state index in [-0.39, 0.29) is 0 Å². The van der Waals surface area contributed by atoms with Crippen molar-refractivity contribution >= 4 is 11.6 Å². The van der Waals surface area contributed by atoms with Gasteiger partial charge >= 0.3 is 5.97 Å². The van der Waals surface area contributed by atoms with Crippen molar-refractivity contribution in [3.63, 3.8) is 0 Å². The molecule has 0 saturated heterocycles. The van der Waals surface area contributed by atoms with Crippen LogP contribution in [0.3, 0.4) is 0 Å². The zero-order valence-corrected chi connectivity index (χ0v) is 9.88. The summed E-state index contributed by atoms with van der Waals surface area (Å²) in [7, 11) is 1.34. The highest BCUT2D eigenvalue weighted by atomic mass is 16.5. The van der Waals surface area contributed by atoms with E-state index in [1.807, 2.05) is 35.7 Å². The predicted molar refractivity (Wildman–Crippen MR) is 63.6 cm³/mol. The van der Waals surface area contributed by atoms with Crippen molar-refractivity contribution in [3.8, 4) is 0 Å². The molecule has 0 aliphatic rings. The van der Waals surface area contributed by atoms with Crippen LogP contribution in [-0.4, -0.2) is 28.5 Å². The van der Waals surface area contributed by atoms with Gasteiger partial charge < -0.3 is 14.9 Å². The number of rotatable bonds is 3. The SMILES string of the molecule is COC(=O)C(N)Cc1c(C)nc2ccccn12. The highest BCUT2D eigenvalue weighted by molar-refractivity contribution is 5.75. The van der Waals surface area contributed by atoms with E-state index in [0.717, 1.165) is 17.0 Å². The summed E-state index contributed by atoms with van der Waals surface area (Å²) in [6.07, 6.45) is 2.33. The van der Waals surface area contributed by atoms with Gasteiger partial charge in [0, 0.05) is 18.3 Å². The molecular weight excluding hydrogens is 218 g/mol. The molecule has 90 valence electrons. The van der Waals surface area contributed by atoms with Crippen molar-refractivity contribution < 1.29 is 9.53 Å². The van der Waals surface area contributed by atoms with E-state index in [9.17, 15) is 4.79 Å². The molecule has 0 aliphatic carbocycles. The van der Waals surface area contributed by atoms with E-state index >= 15 is 0 Å². The number of nitrogens with two attached hydrogens (primary N) is 1. The molecule has 2 aromatic heterocycles. The lowest BCUT2D eigenvalue weighted by atomic mass is 10.1. The Morgan fingerprint density at radius 3 is 3.06 bits per heavy atom. The minimum Gasteiger partial charge on any atom is -0.468 e. The van der Waals surface area contributed by atoms with Gasteiger partial charge in [-0.25, -0.2) is 4.98 Å². The minimum absolute atomic E-state index is 0.407. The lowest BCUT2D eigenvalue weighted by Crippen LogP contribution is -2.34. The van der Waals surface area contributed by atoms with Crippen LogP contribution in [0.1, 0.15) is 11.4 Å². The third-order valence-corrected chi connectivity index (χ3v) is 2.75. The fourth-order valence-corrected chi connectivity index (χ4v) is 1.85. The molecule has 1 unspecified atom stereocenters. The zero-order chi connectivity index (χ0) is 12.4. The number of methoxy groups -OCH3 is 1. The molecule has 2 heterocycles. The normalized spacial score (nSPS) is 12.6. The van der Waals surface area contributed by atoms with Crippen molar-refractivity contribution in [1.29, 1.82) is 0 Å². The first-order valence-electron chi connectivity index (χ1n) is 5.39. The fraction of sp³-hybridized carbons (Fsp3) is 0.333. The Morgan fingerprint density at radius 1 is 1.59 bits per heavy atom. The number of nitrogens with zero attached hydrogens (tertiary/aromatic N) is 2. The highest BCUT2D eigenvalue weighted by Gasteiger charge is 2.18. The summed E-state index contributed by atoms with van der Waals surface area (Å²) in [5, 5.41) is 0. The first-order chi connectivity index (χ1) is 8.13. The number of carbonyl (C=O) groups excluding carboxylic acids is 1. The molecule has 0 amide bonds. The molecule has 17 heavy (non-hydrogen) atoms. The number of pyridine rings is 1. The molecule has 2 N–H and O–H groups in total. The Hall–Kier alpha value is -1.88. The van der Waals surface area contributed by atoms with Crippen molar-refractivity contribution in [2.45, 2.75) is 19.4 Å². The smallest absolute Gasteiger partial charge is 0.323 e. The molecule has 5 nitrogen and oxygen atoms in total. The van der Waals surface area contributed by atoms with Crippen molar-refractivity contribution in [2.75, 3.05) is 7.11 Å². The molecule has 0 radical (unpaired) electrons. The Labute approximate surface area is 99.2 Å². The van der Waals surface area contributed by atoms with Crippen LogP contribution in [0.25, 0.3) is 5.65 Å². The van der Waals surface area contributed by atoms with Crippen LogP contribution in [0.15, 0.2) is 24.4 Å². The minimum atomic E-state index is -0.654. The third kappa shape index (κ3) is 2.14. The molecule has 1 atom stereocenters. The Bertz CT molecular complexity index is 548. The van der Waals surface area contributed by atoms with E-state index in [1.54, 1.807) is 0 Å². The molecule has 0 spiro atoms. The first kappa shape index (κ1) is 11.6. The van der Waals surface area contributed by atoms with Crippen molar-refractivity contribution in [3.05, 3.63) is 35.8 Å². The topological polar surface area (TPSA) is 69.6 Å². The Kier molecular flexibility index (Phi) is 3.10. The lowest BCUT2D eigenvalue weighted by Gasteiger charge is -2.09. The van der Waals surface area contributed by atoms with Gasteiger partial charge in [0.25, 0.3) is 0 Å². The van der Waals surface area contributed by atoms with Gasteiger partial charge in [-0.05, 0) is 19.1 Å². The third-order valence-electron chi connectivity index (χ3n) is 2.75. The van der Waals surface area contributed by atoms with Gasteiger partial charge in [0.05, 0.1) is 12.8 Å². The number of fused-ring (bicyclic) bond motifs is 1. The average Bonchev–Trinajstić information content (AvgIpc) is 2.65. The number of esters is 1. The van der Waals surface area contributed by atoms with Gasteiger partial charge in [0.2, 0.25) is 0 Å². The van der Waals surface area contributed by atoms with Gasteiger partial charge in [0.1, 0.15) is 11.7 Å². The number of imidazole rings is 1. The summed E-state index contributed by atoms with van der Waals surface area (Å²) in [6, 6.07) is 5.10. The number of aromatic nitrogens is 2. The number of hydrogen-bond donors (Lipinski definition) is 1. The van der Waals surface area contributed by atoms with E-state index in [1.165, 1.54) is 7.11 Å². The van der Waals surface area contributed by atoms with E-state index in [2.05, 4.69) is 9.72 Å². The number of carbonyl (C=O) groups is 1. The summed E-state index contributed by atoms with van der Waals surface area (Å²) in [5.74, 6) is -0.407. The highest BCUT2D eigenvalue weighted by Crippen LogP contribution is 2.13. The van der Waals surface area contributed by atoms with Crippen LogP contribution in [0.2, 0.25) is 0 Å². The van der Waals surface area contributed by atoms with E-state index in [4.69, 9.17) is 5.73 Å². The van der Waals surface area contributed by atoms with Crippen molar-refractivity contribution in [2.24, 2.45) is 5.73 Å². The maximum absolute atomic E-state index is 11.3. The van der Waals surface area contributed by atoms with Gasteiger partial charge in [-0.15, -0.1) is 0 Å². The van der Waals surface area contributed by atoms with Crippen LogP contribution in [0, 0.1) is 6.92 Å². The van der Waals surface area contributed by atoms with Crippen LogP contribution < -0.4 is 5.73 Å². The molecule has 0 aromatic carbocycles. The van der Waals surface area contributed by atoms with E-state index < -0.39 is 12.0 Å². The Balaban J connectivity index is 2.35. The standard InChI is InChI=1S/C12H15N3O2/c1-8-10(7-9(13)12(16)17-2)15-6-4-3-5-11(15)14-8/h3-6,9H,7,13H2,1-2H3. The first-order valence-corrected chi connectivity index (χ1v) is 5.39. The summed E-state index contributed by atoms with van der Waals surface area (Å²) < 4.78 is 6.56. The van der Waals surface area contributed by atoms with Crippen LogP contribution in [0.4, 0.5) is 0 Å². The van der Waals surface area contributed by atoms with Gasteiger partial charge in [-0.3, -0.25) is 4.79 Å².